The number of morpholine rings is 1. The van der Waals surface area contributed by atoms with E-state index in [2.05, 4.69) is 11.1 Å². The number of benzene rings is 2. The third-order valence-electron chi connectivity index (χ3n) is 5.27. The van der Waals surface area contributed by atoms with Gasteiger partial charge in [0.25, 0.3) is 5.56 Å². The van der Waals surface area contributed by atoms with E-state index in [1.54, 1.807) is 42.5 Å². The maximum atomic E-state index is 13.3. The number of nitrogens with zero attached hydrogens (tertiary/aromatic N) is 4. The highest BCUT2D eigenvalue weighted by Gasteiger charge is 2.24. The maximum Gasteiger partial charge on any atom is 0.266 e. The van der Waals surface area contributed by atoms with Crippen LogP contribution in [0.15, 0.2) is 58.5 Å². The van der Waals surface area contributed by atoms with Crippen LogP contribution in [0.1, 0.15) is 18.9 Å². The zero-order chi connectivity index (χ0) is 21.8. The average Bonchev–Trinajstić information content (AvgIpc) is 2.83. The van der Waals surface area contributed by atoms with Gasteiger partial charge < -0.3 is 9.64 Å². The topological polar surface area (TPSA) is 88.2 Å². The Morgan fingerprint density at radius 2 is 2.03 bits per heavy atom. The predicted molar refractivity (Wildman–Crippen MR) is 119 cm³/mol. The van der Waals surface area contributed by atoms with Crippen LogP contribution < -0.4 is 5.56 Å². The van der Waals surface area contributed by atoms with Gasteiger partial charge >= 0.3 is 0 Å². The van der Waals surface area contributed by atoms with Gasteiger partial charge in [0, 0.05) is 13.1 Å². The number of fused-ring (bicyclic) bond motifs is 1. The molecule has 2 aromatic carbocycles. The number of carbonyl (C=O) groups is 1. The van der Waals surface area contributed by atoms with Crippen molar-refractivity contribution in [3.63, 3.8) is 0 Å². The molecular weight excluding hydrogens is 412 g/mol. The Balaban J connectivity index is 1.66. The third kappa shape index (κ3) is 4.48. The van der Waals surface area contributed by atoms with Crippen molar-refractivity contribution in [2.45, 2.75) is 24.6 Å². The smallest absolute Gasteiger partial charge is 0.266 e. The number of hydrogen-bond acceptors (Lipinski definition) is 6. The molecule has 0 N–H and O–H groups in total. The lowest BCUT2D eigenvalue weighted by Crippen LogP contribution is -2.46. The van der Waals surface area contributed by atoms with Crippen LogP contribution in [0.5, 0.6) is 0 Å². The van der Waals surface area contributed by atoms with Crippen molar-refractivity contribution in [2.24, 2.45) is 0 Å². The SMILES string of the molecule is CCC1CN(C(=O)CSc2nc3ccccc3c(=O)n2-c2ccc(C#N)cc2)CCO1. The average molecular weight is 435 g/mol. The normalized spacial score (nSPS) is 16.3. The molecule has 31 heavy (non-hydrogen) atoms. The fourth-order valence-corrected chi connectivity index (χ4v) is 4.45. The first-order valence-corrected chi connectivity index (χ1v) is 11.1. The Morgan fingerprint density at radius 3 is 2.77 bits per heavy atom. The van der Waals surface area contributed by atoms with Crippen LogP contribution in [0.25, 0.3) is 16.6 Å². The summed E-state index contributed by atoms with van der Waals surface area (Å²) in [7, 11) is 0. The molecule has 0 saturated carbocycles. The van der Waals surface area contributed by atoms with E-state index in [1.807, 2.05) is 17.9 Å². The van der Waals surface area contributed by atoms with E-state index in [-0.39, 0.29) is 23.3 Å². The molecule has 1 aliphatic heterocycles. The summed E-state index contributed by atoms with van der Waals surface area (Å²) in [5.74, 6) is 0.179. The van der Waals surface area contributed by atoms with Crippen LogP contribution in [-0.2, 0) is 9.53 Å². The monoisotopic (exact) mass is 434 g/mol. The summed E-state index contributed by atoms with van der Waals surface area (Å²) in [5.41, 5.74) is 1.50. The molecule has 0 bridgehead atoms. The Bertz CT molecular complexity index is 1200. The number of amides is 1. The molecular formula is C23H22N4O3S. The van der Waals surface area contributed by atoms with Crippen LogP contribution in [0.3, 0.4) is 0 Å². The van der Waals surface area contributed by atoms with Gasteiger partial charge in [0.05, 0.1) is 46.7 Å². The fraction of sp³-hybridized carbons (Fsp3) is 0.304. The van der Waals surface area contributed by atoms with E-state index in [9.17, 15) is 9.59 Å². The van der Waals surface area contributed by atoms with E-state index in [0.717, 1.165) is 6.42 Å². The van der Waals surface area contributed by atoms with Gasteiger partial charge in [-0.3, -0.25) is 14.2 Å². The Hall–Kier alpha value is -3.15. The van der Waals surface area contributed by atoms with Crippen molar-refractivity contribution in [1.82, 2.24) is 14.5 Å². The number of para-hydroxylation sites is 1. The summed E-state index contributed by atoms with van der Waals surface area (Å²) in [6.45, 7) is 3.74. The van der Waals surface area contributed by atoms with Crippen molar-refractivity contribution in [3.05, 3.63) is 64.4 Å². The van der Waals surface area contributed by atoms with Gasteiger partial charge in [0.2, 0.25) is 5.91 Å². The van der Waals surface area contributed by atoms with Crippen molar-refractivity contribution in [2.75, 3.05) is 25.4 Å². The molecule has 3 aromatic rings. The molecule has 8 heteroatoms. The van der Waals surface area contributed by atoms with Crippen molar-refractivity contribution in [3.8, 4) is 11.8 Å². The minimum Gasteiger partial charge on any atom is -0.375 e. The molecule has 2 heterocycles. The van der Waals surface area contributed by atoms with E-state index >= 15 is 0 Å². The molecule has 1 unspecified atom stereocenters. The van der Waals surface area contributed by atoms with Gasteiger partial charge in [-0.2, -0.15) is 5.26 Å². The number of rotatable bonds is 5. The molecule has 0 aliphatic carbocycles. The molecule has 4 rings (SSSR count). The highest BCUT2D eigenvalue weighted by atomic mass is 32.2. The lowest BCUT2D eigenvalue weighted by molar-refractivity contribution is -0.135. The summed E-state index contributed by atoms with van der Waals surface area (Å²) >= 11 is 1.25. The molecule has 7 nitrogen and oxygen atoms in total. The van der Waals surface area contributed by atoms with Gasteiger partial charge in [-0.25, -0.2) is 4.98 Å². The lowest BCUT2D eigenvalue weighted by Gasteiger charge is -2.32. The molecule has 1 atom stereocenters. The Morgan fingerprint density at radius 1 is 1.26 bits per heavy atom. The minimum absolute atomic E-state index is 0.000496. The van der Waals surface area contributed by atoms with E-state index in [4.69, 9.17) is 10.00 Å². The zero-order valence-corrected chi connectivity index (χ0v) is 18.0. The van der Waals surface area contributed by atoms with Crippen LogP contribution in [-0.4, -0.2) is 51.9 Å². The molecule has 1 fully saturated rings. The highest BCUT2D eigenvalue weighted by Crippen LogP contribution is 2.22. The molecule has 0 radical (unpaired) electrons. The molecule has 1 aromatic heterocycles. The fourth-order valence-electron chi connectivity index (χ4n) is 3.53. The van der Waals surface area contributed by atoms with Crippen molar-refractivity contribution >= 4 is 28.6 Å². The number of aromatic nitrogens is 2. The van der Waals surface area contributed by atoms with Gasteiger partial charge in [0.1, 0.15) is 0 Å². The summed E-state index contributed by atoms with van der Waals surface area (Å²) < 4.78 is 7.16. The van der Waals surface area contributed by atoms with Crippen LogP contribution in [0.2, 0.25) is 0 Å². The van der Waals surface area contributed by atoms with Gasteiger partial charge in [-0.1, -0.05) is 30.8 Å². The van der Waals surface area contributed by atoms with E-state index in [0.29, 0.717) is 47.0 Å². The van der Waals surface area contributed by atoms with Crippen LogP contribution >= 0.6 is 11.8 Å². The van der Waals surface area contributed by atoms with Crippen molar-refractivity contribution < 1.29 is 9.53 Å². The van der Waals surface area contributed by atoms with Gasteiger partial charge in [0.15, 0.2) is 5.16 Å². The lowest BCUT2D eigenvalue weighted by atomic mass is 10.2. The first-order valence-electron chi connectivity index (χ1n) is 10.1. The first kappa shape index (κ1) is 21.1. The highest BCUT2D eigenvalue weighted by molar-refractivity contribution is 7.99. The number of nitriles is 1. The summed E-state index contributed by atoms with van der Waals surface area (Å²) in [6, 6.07) is 16.0. The standard InChI is InChI=1S/C23H22N4O3S/c1-2-18-14-26(11-12-30-18)21(28)15-31-23-25-20-6-4-3-5-19(20)22(29)27(23)17-9-7-16(13-24)8-10-17/h3-10,18H,2,11-12,14-15H2,1H3. The summed E-state index contributed by atoms with van der Waals surface area (Å²) in [6.07, 6.45) is 0.930. The Labute approximate surface area is 184 Å². The van der Waals surface area contributed by atoms with Gasteiger partial charge in [-0.15, -0.1) is 0 Å². The number of hydrogen-bond donors (Lipinski definition) is 0. The predicted octanol–water partition coefficient (Wildman–Crippen LogP) is 2.99. The largest absolute Gasteiger partial charge is 0.375 e. The quantitative estimate of drug-likeness (QED) is 0.453. The van der Waals surface area contributed by atoms with E-state index < -0.39 is 0 Å². The first-order chi connectivity index (χ1) is 15.1. The second-order valence-electron chi connectivity index (χ2n) is 7.24. The second-order valence-corrected chi connectivity index (χ2v) is 8.18. The van der Waals surface area contributed by atoms with Crippen LogP contribution in [0.4, 0.5) is 0 Å². The minimum atomic E-state index is -0.206. The number of carbonyl (C=O) groups excluding carboxylic acids is 1. The van der Waals surface area contributed by atoms with E-state index in [1.165, 1.54) is 16.3 Å². The zero-order valence-electron chi connectivity index (χ0n) is 17.2. The number of ether oxygens (including phenoxy) is 1. The van der Waals surface area contributed by atoms with Gasteiger partial charge in [-0.05, 0) is 42.8 Å². The third-order valence-corrected chi connectivity index (χ3v) is 6.19. The maximum absolute atomic E-state index is 13.3. The second kappa shape index (κ2) is 9.33. The molecule has 1 saturated heterocycles. The molecule has 158 valence electrons. The summed E-state index contributed by atoms with van der Waals surface area (Å²) in [5, 5.41) is 10.0. The molecule has 0 spiro atoms. The Kier molecular flexibility index (Phi) is 6.35. The molecule has 1 amide bonds. The van der Waals surface area contributed by atoms with Crippen LogP contribution in [0, 0.1) is 11.3 Å². The number of thioether (sulfide) groups is 1. The summed E-state index contributed by atoms with van der Waals surface area (Å²) in [4.78, 5) is 32.6. The molecule has 1 aliphatic rings. The van der Waals surface area contributed by atoms with Crippen molar-refractivity contribution in [1.29, 1.82) is 5.26 Å².